The van der Waals surface area contributed by atoms with Gasteiger partial charge in [-0.3, -0.25) is 9.63 Å². The summed E-state index contributed by atoms with van der Waals surface area (Å²) in [4.78, 5) is 18.9. The van der Waals surface area contributed by atoms with Gasteiger partial charge in [-0.1, -0.05) is 53.5 Å². The van der Waals surface area contributed by atoms with E-state index in [1.807, 2.05) is 0 Å². The maximum absolute atomic E-state index is 13.6. The summed E-state index contributed by atoms with van der Waals surface area (Å²) >= 11 is 12.2. The van der Waals surface area contributed by atoms with Gasteiger partial charge in [0.1, 0.15) is 11.3 Å². The van der Waals surface area contributed by atoms with Crippen molar-refractivity contribution in [3.63, 3.8) is 0 Å². The fraction of sp³-hybridized carbons (Fsp3) is 0.160. The molecular formula is C25H18Cl2F3N3O3. The van der Waals surface area contributed by atoms with E-state index in [4.69, 9.17) is 32.8 Å². The lowest BCUT2D eigenvalue weighted by atomic mass is 10.1. The normalized spacial score (nSPS) is 11.5. The predicted octanol–water partition coefficient (Wildman–Crippen LogP) is 6.99. The van der Waals surface area contributed by atoms with E-state index in [1.165, 1.54) is 19.2 Å². The molecule has 0 radical (unpaired) electrons. The molecule has 1 amide bonds. The fourth-order valence-electron chi connectivity index (χ4n) is 3.51. The first-order chi connectivity index (χ1) is 17.2. The predicted molar refractivity (Wildman–Crippen MR) is 129 cm³/mol. The molecule has 36 heavy (non-hydrogen) atoms. The number of aromatic nitrogens is 2. The summed E-state index contributed by atoms with van der Waals surface area (Å²) in [5.41, 5.74) is 0.227. The van der Waals surface area contributed by atoms with Gasteiger partial charge < -0.3 is 4.74 Å². The minimum absolute atomic E-state index is 0.0120. The molecule has 4 rings (SSSR count). The van der Waals surface area contributed by atoms with E-state index in [-0.39, 0.29) is 23.7 Å². The van der Waals surface area contributed by atoms with Crippen LogP contribution in [0.4, 0.5) is 13.2 Å². The Bertz CT molecular complexity index is 1420. The summed E-state index contributed by atoms with van der Waals surface area (Å²) in [5.74, 6) is -1.03. The van der Waals surface area contributed by atoms with Gasteiger partial charge in [0.2, 0.25) is 0 Å². The van der Waals surface area contributed by atoms with Crippen molar-refractivity contribution in [2.24, 2.45) is 0 Å². The molecule has 0 bridgehead atoms. The highest BCUT2D eigenvalue weighted by Crippen LogP contribution is 2.34. The Morgan fingerprint density at radius 3 is 2.50 bits per heavy atom. The quantitative estimate of drug-likeness (QED) is 0.238. The van der Waals surface area contributed by atoms with Gasteiger partial charge in [-0.05, 0) is 48.4 Å². The second kappa shape index (κ2) is 10.7. The number of alkyl halides is 3. The van der Waals surface area contributed by atoms with Gasteiger partial charge in [0, 0.05) is 15.4 Å². The monoisotopic (exact) mass is 535 g/mol. The molecule has 1 aromatic heterocycles. The standard InChI is InChI=1S/C25H18Cl2F3N3O3/c1-35-33(12-11-15-9-10-17(26)14-20(15)27)24(34)22-19-7-2-3-8-21(19)31-32-23(22)36-18-6-4-5-16(13-18)25(28,29)30/h2-10,13-14H,11-12H2,1H3. The zero-order valence-electron chi connectivity index (χ0n) is 18.7. The summed E-state index contributed by atoms with van der Waals surface area (Å²) in [6, 6.07) is 16.0. The molecule has 0 atom stereocenters. The summed E-state index contributed by atoms with van der Waals surface area (Å²) in [7, 11) is 1.32. The molecule has 0 unspecified atom stereocenters. The van der Waals surface area contributed by atoms with Crippen LogP contribution in [0.1, 0.15) is 21.5 Å². The molecule has 0 aliphatic heterocycles. The zero-order chi connectivity index (χ0) is 25.9. The van der Waals surface area contributed by atoms with Crippen LogP contribution in [-0.2, 0) is 17.4 Å². The molecule has 0 fully saturated rings. The van der Waals surface area contributed by atoms with Gasteiger partial charge in [-0.15, -0.1) is 10.2 Å². The number of benzene rings is 3. The highest BCUT2D eigenvalue weighted by Gasteiger charge is 2.31. The van der Waals surface area contributed by atoms with Crippen LogP contribution in [0, 0.1) is 0 Å². The van der Waals surface area contributed by atoms with Crippen molar-refractivity contribution in [3.8, 4) is 11.6 Å². The topological polar surface area (TPSA) is 64.5 Å². The van der Waals surface area contributed by atoms with Crippen LogP contribution in [0.3, 0.4) is 0 Å². The van der Waals surface area contributed by atoms with Crippen LogP contribution in [-0.4, -0.2) is 34.8 Å². The number of hydrogen-bond acceptors (Lipinski definition) is 5. The van der Waals surface area contributed by atoms with Crippen LogP contribution in [0.2, 0.25) is 10.0 Å². The van der Waals surface area contributed by atoms with Crippen molar-refractivity contribution in [2.75, 3.05) is 13.7 Å². The summed E-state index contributed by atoms with van der Waals surface area (Å²) in [6.45, 7) is 0.107. The summed E-state index contributed by atoms with van der Waals surface area (Å²) < 4.78 is 45.2. The Hall–Kier alpha value is -3.40. The van der Waals surface area contributed by atoms with Crippen LogP contribution in [0.5, 0.6) is 11.6 Å². The van der Waals surface area contributed by atoms with Crippen molar-refractivity contribution in [1.82, 2.24) is 15.3 Å². The number of halogens is 5. The van der Waals surface area contributed by atoms with Crippen molar-refractivity contribution in [1.29, 1.82) is 0 Å². The van der Waals surface area contributed by atoms with Crippen molar-refractivity contribution in [3.05, 3.63) is 93.5 Å². The minimum atomic E-state index is -4.57. The molecule has 186 valence electrons. The third-order valence-corrected chi connectivity index (χ3v) is 5.86. The summed E-state index contributed by atoms with van der Waals surface area (Å²) in [5, 5.41) is 10.4. The zero-order valence-corrected chi connectivity index (χ0v) is 20.2. The molecule has 4 aromatic rings. The molecule has 11 heteroatoms. The maximum atomic E-state index is 13.6. The van der Waals surface area contributed by atoms with E-state index in [0.717, 1.165) is 22.8 Å². The molecule has 3 aromatic carbocycles. The molecule has 0 aliphatic carbocycles. The smallest absolute Gasteiger partial charge is 0.416 e. The van der Waals surface area contributed by atoms with Crippen molar-refractivity contribution in [2.45, 2.75) is 12.6 Å². The minimum Gasteiger partial charge on any atom is -0.437 e. The van der Waals surface area contributed by atoms with E-state index in [0.29, 0.717) is 27.4 Å². The second-order valence-electron chi connectivity index (χ2n) is 7.60. The van der Waals surface area contributed by atoms with E-state index >= 15 is 0 Å². The van der Waals surface area contributed by atoms with Gasteiger partial charge in [0.15, 0.2) is 0 Å². The van der Waals surface area contributed by atoms with Gasteiger partial charge in [0.25, 0.3) is 11.8 Å². The van der Waals surface area contributed by atoms with Gasteiger partial charge >= 0.3 is 6.18 Å². The van der Waals surface area contributed by atoms with Gasteiger partial charge in [-0.25, -0.2) is 5.06 Å². The van der Waals surface area contributed by atoms with Crippen molar-refractivity contribution < 1.29 is 27.5 Å². The Balaban J connectivity index is 1.69. The molecule has 0 N–H and O–H groups in total. The number of fused-ring (bicyclic) bond motifs is 1. The van der Waals surface area contributed by atoms with Crippen molar-refractivity contribution >= 4 is 40.0 Å². The molecule has 1 heterocycles. The molecular weight excluding hydrogens is 518 g/mol. The molecule has 0 aliphatic rings. The molecule has 6 nitrogen and oxygen atoms in total. The van der Waals surface area contributed by atoms with Crippen LogP contribution in [0.15, 0.2) is 66.7 Å². The third kappa shape index (κ3) is 5.70. The molecule has 0 saturated heterocycles. The first kappa shape index (κ1) is 25.7. The Kier molecular flexibility index (Phi) is 7.63. The maximum Gasteiger partial charge on any atom is 0.416 e. The Morgan fingerprint density at radius 1 is 1.00 bits per heavy atom. The number of amides is 1. The van der Waals surface area contributed by atoms with Gasteiger partial charge in [0.05, 0.1) is 24.7 Å². The number of carbonyl (C=O) groups excluding carboxylic acids is 1. The average Bonchev–Trinajstić information content (AvgIpc) is 2.85. The lowest BCUT2D eigenvalue weighted by molar-refractivity contribution is -0.137. The highest BCUT2D eigenvalue weighted by molar-refractivity contribution is 6.35. The van der Waals surface area contributed by atoms with Crippen LogP contribution < -0.4 is 4.74 Å². The number of nitrogens with zero attached hydrogens (tertiary/aromatic N) is 3. The SMILES string of the molecule is CON(CCc1ccc(Cl)cc1Cl)C(=O)c1c(Oc2cccc(C(F)(F)F)c2)nnc2ccccc12. The van der Waals surface area contributed by atoms with E-state index < -0.39 is 17.6 Å². The number of rotatable bonds is 7. The van der Waals surface area contributed by atoms with E-state index in [9.17, 15) is 18.0 Å². The van der Waals surface area contributed by atoms with Crippen LogP contribution >= 0.6 is 23.2 Å². The van der Waals surface area contributed by atoms with Crippen LogP contribution in [0.25, 0.3) is 10.9 Å². The number of hydrogen-bond donors (Lipinski definition) is 0. The van der Waals surface area contributed by atoms with E-state index in [1.54, 1.807) is 42.5 Å². The van der Waals surface area contributed by atoms with E-state index in [2.05, 4.69) is 10.2 Å². The summed E-state index contributed by atoms with van der Waals surface area (Å²) in [6.07, 6.45) is -4.22. The number of carbonyl (C=O) groups is 1. The largest absolute Gasteiger partial charge is 0.437 e. The third-order valence-electron chi connectivity index (χ3n) is 5.27. The first-order valence-corrected chi connectivity index (χ1v) is 11.3. The number of hydroxylamine groups is 2. The Morgan fingerprint density at radius 2 is 1.78 bits per heavy atom. The molecule has 0 saturated carbocycles. The second-order valence-corrected chi connectivity index (χ2v) is 8.44. The van der Waals surface area contributed by atoms with Gasteiger partial charge in [-0.2, -0.15) is 13.2 Å². The fourth-order valence-corrected chi connectivity index (χ4v) is 4.01. The average molecular weight is 536 g/mol. The molecule has 0 spiro atoms. The lowest BCUT2D eigenvalue weighted by Gasteiger charge is -2.22. The first-order valence-electron chi connectivity index (χ1n) is 10.6. The lowest BCUT2D eigenvalue weighted by Crippen LogP contribution is -2.32. The Labute approximate surface area is 214 Å². The number of ether oxygens (including phenoxy) is 1. The highest BCUT2D eigenvalue weighted by atomic mass is 35.5.